The summed E-state index contributed by atoms with van der Waals surface area (Å²) in [4.78, 5) is 4.71. The lowest BCUT2D eigenvalue weighted by molar-refractivity contribution is 0.324. The minimum atomic E-state index is 0.289. The highest BCUT2D eigenvalue weighted by Crippen LogP contribution is 2.50. The van der Waals surface area contributed by atoms with E-state index >= 15 is 0 Å². The van der Waals surface area contributed by atoms with Gasteiger partial charge in [-0.15, -0.1) is 0 Å². The summed E-state index contributed by atoms with van der Waals surface area (Å²) in [6.45, 7) is 6.31. The van der Waals surface area contributed by atoms with Gasteiger partial charge in [-0.3, -0.25) is 4.99 Å². The zero-order chi connectivity index (χ0) is 24.4. The monoisotopic (exact) mass is 576 g/mol. The molecule has 0 fully saturated rings. The van der Waals surface area contributed by atoms with Crippen molar-refractivity contribution in [2.45, 2.75) is 25.3 Å². The van der Waals surface area contributed by atoms with Crippen LogP contribution >= 0.6 is 22.6 Å². The van der Waals surface area contributed by atoms with Crippen LogP contribution < -0.4 is 14.8 Å². The molecule has 1 aliphatic carbocycles. The first-order chi connectivity index (χ1) is 17.1. The Labute approximate surface area is 220 Å². The van der Waals surface area contributed by atoms with E-state index in [1.165, 1.54) is 22.4 Å². The van der Waals surface area contributed by atoms with E-state index in [-0.39, 0.29) is 6.04 Å². The molecule has 4 nitrogen and oxygen atoms in total. The molecule has 3 aromatic rings. The first-order valence-electron chi connectivity index (χ1n) is 11.9. The zero-order valence-electron chi connectivity index (χ0n) is 20.0. The summed E-state index contributed by atoms with van der Waals surface area (Å²) in [7, 11) is 1.65. The Balaban J connectivity index is 1.35. The molecule has 0 spiro atoms. The maximum absolute atomic E-state index is 5.75. The average molecular weight is 576 g/mol. The van der Waals surface area contributed by atoms with Crippen LogP contribution in [0.2, 0.25) is 0 Å². The normalized spacial score (nSPS) is 20.3. The second-order valence-electron chi connectivity index (χ2n) is 9.05. The number of hydrogen-bond donors (Lipinski definition) is 1. The summed E-state index contributed by atoms with van der Waals surface area (Å²) in [6, 6.07) is 19.6. The van der Waals surface area contributed by atoms with Crippen LogP contribution in [-0.2, 0) is 0 Å². The highest BCUT2D eigenvalue weighted by Gasteiger charge is 2.37. The minimum Gasteiger partial charge on any atom is -0.493 e. The van der Waals surface area contributed by atoms with Crippen LogP contribution in [-0.4, -0.2) is 19.9 Å². The van der Waals surface area contributed by atoms with Gasteiger partial charge in [0.05, 0.1) is 22.4 Å². The quantitative estimate of drug-likeness (QED) is 0.178. The fourth-order valence-corrected chi connectivity index (χ4v) is 5.84. The average Bonchev–Trinajstić information content (AvgIpc) is 3.37. The Morgan fingerprint density at radius 1 is 1.14 bits per heavy atom. The van der Waals surface area contributed by atoms with E-state index < -0.39 is 0 Å². The third-order valence-corrected chi connectivity index (χ3v) is 7.53. The number of anilines is 1. The number of fused-ring (bicyclic) bond motifs is 3. The zero-order valence-corrected chi connectivity index (χ0v) is 22.2. The van der Waals surface area contributed by atoms with Crippen LogP contribution in [0, 0.1) is 16.4 Å². The standard InChI is InChI=1S/C30H29IN2O2/c1-4-14-35-30-26(31)16-20(17-28(30)34-3)18-32-22-11-9-21(10-12-22)29-24-7-5-6-23(24)25-15-19(2)8-13-27(25)33-29/h4-6,8-13,15-18,23-24,29,33H,1,7,14H2,2-3H3/t23-,24+,29-/m0/s1. The van der Waals surface area contributed by atoms with E-state index in [1.54, 1.807) is 13.2 Å². The van der Waals surface area contributed by atoms with E-state index in [2.05, 4.69) is 96.0 Å². The maximum Gasteiger partial charge on any atom is 0.174 e. The van der Waals surface area contributed by atoms with Crippen molar-refractivity contribution in [1.29, 1.82) is 0 Å². The molecule has 35 heavy (non-hydrogen) atoms. The molecule has 0 saturated heterocycles. The van der Waals surface area contributed by atoms with Crippen molar-refractivity contribution in [3.8, 4) is 11.5 Å². The van der Waals surface area contributed by atoms with Gasteiger partial charge in [-0.2, -0.15) is 0 Å². The van der Waals surface area contributed by atoms with Gasteiger partial charge in [0.25, 0.3) is 0 Å². The number of rotatable bonds is 7. The van der Waals surface area contributed by atoms with Crippen LogP contribution in [0.5, 0.6) is 11.5 Å². The summed E-state index contributed by atoms with van der Waals surface area (Å²) in [5.41, 5.74) is 7.17. The number of aryl methyl sites for hydroxylation is 1. The molecular weight excluding hydrogens is 547 g/mol. The molecule has 1 heterocycles. The highest BCUT2D eigenvalue weighted by molar-refractivity contribution is 14.1. The number of allylic oxidation sites excluding steroid dienone is 2. The predicted octanol–water partition coefficient (Wildman–Crippen LogP) is 7.75. The molecule has 3 aromatic carbocycles. The number of halogens is 1. The van der Waals surface area contributed by atoms with Crippen molar-refractivity contribution in [3.05, 3.63) is 105 Å². The SMILES string of the molecule is C=CCOc1c(I)cc(C=Nc2ccc([C@@H]3Nc4ccc(C)cc4[C@H]4C=CC[C@H]43)cc2)cc1OC. The van der Waals surface area contributed by atoms with E-state index in [1.807, 2.05) is 18.3 Å². The van der Waals surface area contributed by atoms with E-state index in [4.69, 9.17) is 14.5 Å². The topological polar surface area (TPSA) is 42.8 Å². The summed E-state index contributed by atoms with van der Waals surface area (Å²) < 4.78 is 12.2. The molecule has 5 heteroatoms. The fraction of sp³-hybridized carbons (Fsp3) is 0.233. The molecule has 5 rings (SSSR count). The molecular formula is C30H29IN2O2. The maximum atomic E-state index is 5.75. The van der Waals surface area contributed by atoms with E-state index in [0.29, 0.717) is 24.2 Å². The minimum absolute atomic E-state index is 0.289. The van der Waals surface area contributed by atoms with Gasteiger partial charge in [0.2, 0.25) is 0 Å². The first-order valence-corrected chi connectivity index (χ1v) is 12.9. The van der Waals surface area contributed by atoms with Gasteiger partial charge in [0.15, 0.2) is 11.5 Å². The molecule has 0 bridgehead atoms. The van der Waals surface area contributed by atoms with Gasteiger partial charge < -0.3 is 14.8 Å². The van der Waals surface area contributed by atoms with Crippen LogP contribution in [0.25, 0.3) is 0 Å². The first kappa shape index (κ1) is 23.7. The predicted molar refractivity (Wildman–Crippen MR) is 153 cm³/mol. The Kier molecular flexibility index (Phi) is 6.95. The van der Waals surface area contributed by atoms with Gasteiger partial charge >= 0.3 is 0 Å². The largest absolute Gasteiger partial charge is 0.493 e. The van der Waals surface area contributed by atoms with Crippen LogP contribution in [0.1, 0.15) is 40.6 Å². The lowest BCUT2D eigenvalue weighted by Gasteiger charge is -2.37. The van der Waals surface area contributed by atoms with Crippen molar-refractivity contribution in [2.24, 2.45) is 10.9 Å². The van der Waals surface area contributed by atoms with Crippen LogP contribution in [0.3, 0.4) is 0 Å². The molecule has 0 unspecified atom stereocenters. The van der Waals surface area contributed by atoms with Gasteiger partial charge in [0, 0.05) is 17.8 Å². The van der Waals surface area contributed by atoms with Crippen molar-refractivity contribution >= 4 is 40.2 Å². The molecule has 1 aliphatic heterocycles. The summed E-state index contributed by atoms with van der Waals surface area (Å²) >= 11 is 2.26. The number of methoxy groups -OCH3 is 1. The third kappa shape index (κ3) is 4.87. The van der Waals surface area contributed by atoms with Crippen LogP contribution in [0.15, 0.2) is 84.4 Å². The number of ether oxygens (including phenoxy) is 2. The lowest BCUT2D eigenvalue weighted by Crippen LogP contribution is -2.29. The van der Waals surface area contributed by atoms with Crippen LogP contribution in [0.4, 0.5) is 11.4 Å². The summed E-state index contributed by atoms with van der Waals surface area (Å²) in [5.74, 6) is 2.43. The lowest BCUT2D eigenvalue weighted by atomic mass is 9.76. The Hall–Kier alpha value is -3.06. The smallest absolute Gasteiger partial charge is 0.174 e. The second kappa shape index (κ2) is 10.3. The van der Waals surface area contributed by atoms with Gasteiger partial charge in [0.1, 0.15) is 6.61 Å². The Bertz CT molecular complexity index is 1300. The van der Waals surface area contributed by atoms with Crippen molar-refractivity contribution < 1.29 is 9.47 Å². The van der Waals surface area contributed by atoms with Gasteiger partial charge in [-0.25, -0.2) is 0 Å². The molecule has 0 aromatic heterocycles. The van der Waals surface area contributed by atoms with E-state index in [9.17, 15) is 0 Å². The fourth-order valence-electron chi connectivity index (χ4n) is 5.06. The highest BCUT2D eigenvalue weighted by atomic mass is 127. The molecule has 0 amide bonds. The Morgan fingerprint density at radius 3 is 2.74 bits per heavy atom. The molecule has 3 atom stereocenters. The second-order valence-corrected chi connectivity index (χ2v) is 10.2. The van der Waals surface area contributed by atoms with Gasteiger partial charge in [-0.05, 0) is 88.9 Å². The van der Waals surface area contributed by atoms with Gasteiger partial charge in [-0.1, -0.05) is 54.6 Å². The molecule has 2 aliphatic rings. The molecule has 178 valence electrons. The number of nitrogens with zero attached hydrogens (tertiary/aromatic N) is 1. The van der Waals surface area contributed by atoms with Crippen molar-refractivity contribution in [3.63, 3.8) is 0 Å². The number of aliphatic imine (C=N–C) groups is 1. The van der Waals surface area contributed by atoms with Crippen molar-refractivity contribution in [2.75, 3.05) is 19.0 Å². The molecule has 1 N–H and O–H groups in total. The summed E-state index contributed by atoms with van der Waals surface area (Å²) in [5, 5.41) is 3.82. The number of benzene rings is 3. The third-order valence-electron chi connectivity index (χ3n) is 6.73. The number of nitrogens with one attached hydrogen (secondary N) is 1. The summed E-state index contributed by atoms with van der Waals surface area (Å²) in [6.07, 6.45) is 9.41. The van der Waals surface area contributed by atoms with Crippen molar-refractivity contribution in [1.82, 2.24) is 0 Å². The van der Waals surface area contributed by atoms with E-state index in [0.717, 1.165) is 27.0 Å². The molecule has 0 saturated carbocycles. The number of hydrogen-bond acceptors (Lipinski definition) is 4. The molecule has 0 radical (unpaired) electrons. The Morgan fingerprint density at radius 2 is 1.97 bits per heavy atom.